The van der Waals surface area contributed by atoms with E-state index in [1.165, 1.54) is 24.1 Å². The average molecular weight is 332 g/mol. The predicted octanol–water partition coefficient (Wildman–Crippen LogP) is 3.90. The van der Waals surface area contributed by atoms with Crippen molar-refractivity contribution in [3.8, 4) is 5.75 Å². The SMILES string of the molecule is CCC(C)CN(C)C(=O)NCc1ccc(OC)cc1C(F)(F)F. The number of methoxy groups -OCH3 is 1. The molecule has 0 heterocycles. The number of halogens is 3. The highest BCUT2D eigenvalue weighted by atomic mass is 19.4. The smallest absolute Gasteiger partial charge is 0.416 e. The van der Waals surface area contributed by atoms with E-state index in [0.717, 1.165) is 12.5 Å². The zero-order valence-corrected chi connectivity index (χ0v) is 13.8. The summed E-state index contributed by atoms with van der Waals surface area (Å²) in [5, 5.41) is 2.52. The molecular formula is C16H23F3N2O2. The minimum Gasteiger partial charge on any atom is -0.497 e. The van der Waals surface area contributed by atoms with E-state index in [-0.39, 0.29) is 17.9 Å². The number of hydrogen-bond donors (Lipinski definition) is 1. The molecule has 0 bridgehead atoms. The van der Waals surface area contributed by atoms with Crippen molar-refractivity contribution in [3.05, 3.63) is 29.3 Å². The Bertz CT molecular complexity index is 533. The minimum absolute atomic E-state index is 0.00332. The zero-order valence-electron chi connectivity index (χ0n) is 13.8. The average Bonchev–Trinajstić information content (AvgIpc) is 2.51. The first-order valence-corrected chi connectivity index (χ1v) is 7.42. The van der Waals surface area contributed by atoms with Gasteiger partial charge in [-0.05, 0) is 23.6 Å². The molecule has 0 radical (unpaired) electrons. The van der Waals surface area contributed by atoms with Crippen LogP contribution in [0.4, 0.5) is 18.0 Å². The van der Waals surface area contributed by atoms with Gasteiger partial charge in [-0.25, -0.2) is 4.79 Å². The molecule has 4 nitrogen and oxygen atoms in total. The maximum absolute atomic E-state index is 13.1. The van der Waals surface area contributed by atoms with Crippen LogP contribution in [0.15, 0.2) is 18.2 Å². The molecule has 0 fully saturated rings. The van der Waals surface area contributed by atoms with Gasteiger partial charge in [0.05, 0.1) is 12.7 Å². The Morgan fingerprint density at radius 3 is 2.57 bits per heavy atom. The Morgan fingerprint density at radius 2 is 2.04 bits per heavy atom. The van der Waals surface area contributed by atoms with Crippen molar-refractivity contribution in [2.24, 2.45) is 5.92 Å². The number of hydrogen-bond acceptors (Lipinski definition) is 2. The number of rotatable bonds is 6. The van der Waals surface area contributed by atoms with E-state index in [1.807, 2.05) is 13.8 Å². The maximum atomic E-state index is 13.1. The lowest BCUT2D eigenvalue weighted by Crippen LogP contribution is -2.39. The van der Waals surface area contributed by atoms with Crippen molar-refractivity contribution in [2.75, 3.05) is 20.7 Å². The largest absolute Gasteiger partial charge is 0.497 e. The van der Waals surface area contributed by atoms with Crippen LogP contribution in [0.25, 0.3) is 0 Å². The standard InChI is InChI=1S/C16H23F3N2O2/c1-5-11(2)10-21(3)15(22)20-9-12-6-7-13(23-4)8-14(12)16(17,18)19/h6-8,11H,5,9-10H2,1-4H3,(H,20,22). The fourth-order valence-corrected chi connectivity index (χ4v) is 2.09. The molecule has 1 N–H and O–H groups in total. The van der Waals surface area contributed by atoms with Gasteiger partial charge in [-0.15, -0.1) is 0 Å². The Hall–Kier alpha value is -1.92. The van der Waals surface area contributed by atoms with E-state index in [0.29, 0.717) is 12.5 Å². The fraction of sp³-hybridized carbons (Fsp3) is 0.562. The van der Waals surface area contributed by atoms with Gasteiger partial charge in [-0.1, -0.05) is 26.3 Å². The highest BCUT2D eigenvalue weighted by Crippen LogP contribution is 2.34. The molecule has 1 rings (SSSR count). The summed E-state index contributed by atoms with van der Waals surface area (Å²) >= 11 is 0. The molecule has 23 heavy (non-hydrogen) atoms. The topological polar surface area (TPSA) is 41.6 Å². The second-order valence-corrected chi connectivity index (χ2v) is 5.57. The van der Waals surface area contributed by atoms with Gasteiger partial charge < -0.3 is 15.0 Å². The van der Waals surface area contributed by atoms with Crippen molar-refractivity contribution in [1.82, 2.24) is 10.2 Å². The van der Waals surface area contributed by atoms with Gasteiger partial charge in [0.2, 0.25) is 0 Å². The predicted molar refractivity (Wildman–Crippen MR) is 82.3 cm³/mol. The Balaban J connectivity index is 2.79. The molecular weight excluding hydrogens is 309 g/mol. The first-order valence-electron chi connectivity index (χ1n) is 7.42. The summed E-state index contributed by atoms with van der Waals surface area (Å²) in [6, 6.07) is 3.30. The van der Waals surface area contributed by atoms with Gasteiger partial charge in [0.15, 0.2) is 0 Å². The van der Waals surface area contributed by atoms with E-state index in [2.05, 4.69) is 5.32 Å². The monoisotopic (exact) mass is 332 g/mol. The summed E-state index contributed by atoms with van der Waals surface area (Å²) in [4.78, 5) is 13.4. The molecule has 0 aromatic heterocycles. The summed E-state index contributed by atoms with van der Waals surface area (Å²) in [6.45, 7) is 4.39. The van der Waals surface area contributed by atoms with Gasteiger partial charge in [0.1, 0.15) is 5.75 Å². The quantitative estimate of drug-likeness (QED) is 0.858. The van der Waals surface area contributed by atoms with E-state index >= 15 is 0 Å². The van der Waals surface area contributed by atoms with Crippen LogP contribution >= 0.6 is 0 Å². The molecule has 0 aliphatic heterocycles. The van der Waals surface area contributed by atoms with Crippen LogP contribution in [0.5, 0.6) is 5.75 Å². The lowest BCUT2D eigenvalue weighted by Gasteiger charge is -2.22. The Labute approximate surface area is 134 Å². The number of ether oxygens (including phenoxy) is 1. The lowest BCUT2D eigenvalue weighted by atomic mass is 10.1. The third kappa shape index (κ3) is 5.65. The van der Waals surface area contributed by atoms with Crippen LogP contribution in [0, 0.1) is 5.92 Å². The van der Waals surface area contributed by atoms with Crippen molar-refractivity contribution in [2.45, 2.75) is 33.0 Å². The molecule has 1 atom stereocenters. The van der Waals surface area contributed by atoms with Gasteiger partial charge in [0, 0.05) is 20.1 Å². The highest BCUT2D eigenvalue weighted by molar-refractivity contribution is 5.73. The van der Waals surface area contributed by atoms with Crippen molar-refractivity contribution < 1.29 is 22.7 Å². The van der Waals surface area contributed by atoms with Crippen LogP contribution < -0.4 is 10.1 Å². The van der Waals surface area contributed by atoms with Crippen molar-refractivity contribution in [3.63, 3.8) is 0 Å². The van der Waals surface area contributed by atoms with E-state index in [4.69, 9.17) is 4.74 Å². The first kappa shape index (κ1) is 19.1. The Morgan fingerprint density at radius 1 is 1.39 bits per heavy atom. The van der Waals surface area contributed by atoms with E-state index in [9.17, 15) is 18.0 Å². The molecule has 1 aromatic carbocycles. The second-order valence-electron chi connectivity index (χ2n) is 5.57. The van der Waals surface area contributed by atoms with Crippen LogP contribution in [0.1, 0.15) is 31.4 Å². The first-order chi connectivity index (χ1) is 10.7. The molecule has 130 valence electrons. The van der Waals surface area contributed by atoms with Crippen molar-refractivity contribution in [1.29, 1.82) is 0 Å². The summed E-state index contributed by atoms with van der Waals surface area (Å²) < 4.78 is 44.1. The third-order valence-electron chi connectivity index (χ3n) is 3.68. The normalized spacial score (nSPS) is 12.7. The van der Waals surface area contributed by atoms with E-state index < -0.39 is 17.8 Å². The minimum atomic E-state index is -4.50. The van der Waals surface area contributed by atoms with Crippen LogP contribution in [-0.4, -0.2) is 31.6 Å². The van der Waals surface area contributed by atoms with Crippen molar-refractivity contribution >= 4 is 6.03 Å². The summed E-state index contributed by atoms with van der Waals surface area (Å²) in [5.74, 6) is 0.457. The number of urea groups is 1. The van der Waals surface area contributed by atoms with Gasteiger partial charge in [0.25, 0.3) is 0 Å². The number of alkyl halides is 3. The summed E-state index contributed by atoms with van der Waals surface area (Å²) in [6.07, 6.45) is -3.58. The molecule has 1 unspecified atom stereocenters. The number of nitrogens with one attached hydrogen (secondary N) is 1. The number of nitrogens with zero attached hydrogens (tertiary/aromatic N) is 1. The third-order valence-corrected chi connectivity index (χ3v) is 3.68. The summed E-state index contributed by atoms with van der Waals surface area (Å²) in [5.41, 5.74) is -0.801. The Kier molecular flexibility index (Phi) is 6.72. The maximum Gasteiger partial charge on any atom is 0.416 e. The highest BCUT2D eigenvalue weighted by Gasteiger charge is 2.33. The number of benzene rings is 1. The molecule has 1 aromatic rings. The molecule has 0 aliphatic rings. The number of carbonyl (C=O) groups excluding carboxylic acids is 1. The van der Waals surface area contributed by atoms with E-state index in [1.54, 1.807) is 7.05 Å². The zero-order chi connectivity index (χ0) is 17.6. The summed E-state index contributed by atoms with van der Waals surface area (Å²) in [7, 11) is 2.93. The lowest BCUT2D eigenvalue weighted by molar-refractivity contribution is -0.138. The van der Waals surface area contributed by atoms with Crippen LogP contribution in [0.2, 0.25) is 0 Å². The molecule has 2 amide bonds. The fourth-order valence-electron chi connectivity index (χ4n) is 2.09. The van der Waals surface area contributed by atoms with Gasteiger partial charge in [-0.3, -0.25) is 0 Å². The molecule has 0 spiro atoms. The molecule has 0 saturated heterocycles. The molecule has 0 saturated carbocycles. The van der Waals surface area contributed by atoms with Crippen LogP contribution in [0.3, 0.4) is 0 Å². The van der Waals surface area contributed by atoms with Crippen LogP contribution in [-0.2, 0) is 12.7 Å². The number of amides is 2. The van der Waals surface area contributed by atoms with Gasteiger partial charge in [-0.2, -0.15) is 13.2 Å². The van der Waals surface area contributed by atoms with Gasteiger partial charge >= 0.3 is 12.2 Å². The molecule has 7 heteroatoms. The number of carbonyl (C=O) groups is 1. The molecule has 0 aliphatic carbocycles. The second kappa shape index (κ2) is 8.08.